The Morgan fingerprint density at radius 3 is 2.12 bits per heavy atom. The molecule has 0 heterocycles. The van der Waals surface area contributed by atoms with E-state index in [1.54, 1.807) is 6.07 Å². The van der Waals surface area contributed by atoms with Crippen LogP contribution >= 0.6 is 0 Å². The lowest BCUT2D eigenvalue weighted by Gasteiger charge is -2.17. The Balaban J connectivity index is 3.46. The lowest BCUT2D eigenvalue weighted by atomic mass is 9.88. The number of aromatic carboxylic acids is 1. The molecular weight excluding hydrogens is 200 g/mol. The fourth-order valence-electron chi connectivity index (χ4n) is 2.27. The second-order valence-corrected chi connectivity index (χ2v) is 4.33. The van der Waals surface area contributed by atoms with Crippen molar-refractivity contribution in [3.05, 3.63) is 34.4 Å². The largest absolute Gasteiger partial charge is 0.478 e. The van der Waals surface area contributed by atoms with Crippen LogP contribution < -0.4 is 0 Å². The van der Waals surface area contributed by atoms with Crippen molar-refractivity contribution in [3.8, 4) is 0 Å². The molecule has 0 radical (unpaired) electrons. The molecule has 0 aromatic heterocycles. The zero-order valence-corrected chi connectivity index (χ0v) is 10.5. The van der Waals surface area contributed by atoms with Crippen molar-refractivity contribution in [1.82, 2.24) is 0 Å². The molecule has 2 heteroatoms. The van der Waals surface area contributed by atoms with Crippen LogP contribution in [-0.4, -0.2) is 11.1 Å². The summed E-state index contributed by atoms with van der Waals surface area (Å²) in [6.07, 6.45) is 1.68. The summed E-state index contributed by atoms with van der Waals surface area (Å²) in [5.74, 6) is -0.370. The Labute approximate surface area is 97.3 Å². The fraction of sp³-hybridized carbons (Fsp3) is 0.500. The van der Waals surface area contributed by atoms with E-state index in [0.717, 1.165) is 18.4 Å². The van der Waals surface area contributed by atoms with Crippen LogP contribution in [-0.2, 0) is 12.8 Å². The van der Waals surface area contributed by atoms with E-state index in [1.807, 2.05) is 13.0 Å². The number of benzene rings is 1. The van der Waals surface area contributed by atoms with E-state index in [9.17, 15) is 4.79 Å². The minimum absolute atomic E-state index is 0.447. The molecule has 0 spiro atoms. The van der Waals surface area contributed by atoms with Crippen molar-refractivity contribution in [2.45, 2.75) is 46.5 Å². The Hall–Kier alpha value is -1.31. The first-order valence-corrected chi connectivity index (χ1v) is 5.90. The average Bonchev–Trinajstić information content (AvgIpc) is 2.26. The summed E-state index contributed by atoms with van der Waals surface area (Å²) in [7, 11) is 0. The minimum Gasteiger partial charge on any atom is -0.478 e. The van der Waals surface area contributed by atoms with E-state index in [1.165, 1.54) is 11.1 Å². The fourth-order valence-corrected chi connectivity index (χ4v) is 2.27. The summed E-state index contributed by atoms with van der Waals surface area (Å²) in [4.78, 5) is 11.1. The summed E-state index contributed by atoms with van der Waals surface area (Å²) < 4.78 is 0. The van der Waals surface area contributed by atoms with E-state index in [-0.39, 0.29) is 0 Å². The second kappa shape index (κ2) is 5.15. The standard InChI is InChI=1S/C14H20O2/c1-5-10-11(6-2)13(14(15)16)8-7-12(10)9(3)4/h7-9H,5-6H2,1-4H3,(H,15,16). The smallest absolute Gasteiger partial charge is 0.335 e. The first kappa shape index (κ1) is 12.8. The Morgan fingerprint density at radius 1 is 1.19 bits per heavy atom. The number of rotatable bonds is 4. The number of hydrogen-bond donors (Lipinski definition) is 1. The molecule has 0 aliphatic carbocycles. The summed E-state index contributed by atoms with van der Waals surface area (Å²) >= 11 is 0. The maximum absolute atomic E-state index is 11.1. The minimum atomic E-state index is -0.818. The van der Waals surface area contributed by atoms with Gasteiger partial charge in [0.2, 0.25) is 0 Å². The SMILES string of the molecule is CCc1c(C(=O)O)ccc(C(C)C)c1CC. The van der Waals surface area contributed by atoms with Crippen LogP contribution in [0.3, 0.4) is 0 Å². The molecule has 0 saturated heterocycles. The van der Waals surface area contributed by atoms with Crippen LogP contribution in [0.5, 0.6) is 0 Å². The van der Waals surface area contributed by atoms with E-state index in [2.05, 4.69) is 20.8 Å². The molecule has 0 amide bonds. The molecule has 1 N–H and O–H groups in total. The number of carboxylic acid groups (broad SMARTS) is 1. The number of carboxylic acids is 1. The van der Waals surface area contributed by atoms with Crippen molar-refractivity contribution >= 4 is 5.97 Å². The monoisotopic (exact) mass is 220 g/mol. The van der Waals surface area contributed by atoms with Crippen LogP contribution in [0.15, 0.2) is 12.1 Å². The van der Waals surface area contributed by atoms with Crippen molar-refractivity contribution in [2.24, 2.45) is 0 Å². The molecule has 1 rings (SSSR count). The summed E-state index contributed by atoms with van der Waals surface area (Å²) in [5.41, 5.74) is 3.96. The zero-order chi connectivity index (χ0) is 12.3. The highest BCUT2D eigenvalue weighted by Crippen LogP contribution is 2.26. The average molecular weight is 220 g/mol. The Bertz CT molecular complexity index is 392. The highest BCUT2D eigenvalue weighted by Gasteiger charge is 2.16. The third-order valence-corrected chi connectivity index (χ3v) is 3.03. The van der Waals surface area contributed by atoms with E-state index in [0.29, 0.717) is 11.5 Å². The summed E-state index contributed by atoms with van der Waals surface area (Å²) in [5, 5.41) is 9.15. The third kappa shape index (κ3) is 2.26. The van der Waals surface area contributed by atoms with Gasteiger partial charge in [-0.05, 0) is 41.5 Å². The van der Waals surface area contributed by atoms with Gasteiger partial charge in [-0.3, -0.25) is 0 Å². The maximum atomic E-state index is 11.1. The first-order chi connectivity index (χ1) is 7.52. The molecule has 0 bridgehead atoms. The van der Waals surface area contributed by atoms with Gasteiger partial charge in [0.05, 0.1) is 5.56 Å². The molecule has 1 aromatic rings. The van der Waals surface area contributed by atoms with E-state index >= 15 is 0 Å². The highest BCUT2D eigenvalue weighted by molar-refractivity contribution is 5.90. The second-order valence-electron chi connectivity index (χ2n) is 4.33. The van der Waals surface area contributed by atoms with E-state index < -0.39 is 5.97 Å². The number of hydrogen-bond acceptors (Lipinski definition) is 1. The normalized spacial score (nSPS) is 10.8. The van der Waals surface area contributed by atoms with Gasteiger partial charge in [-0.15, -0.1) is 0 Å². The molecule has 0 fully saturated rings. The number of carbonyl (C=O) groups is 1. The van der Waals surface area contributed by atoms with Crippen LogP contribution in [0.2, 0.25) is 0 Å². The lowest BCUT2D eigenvalue weighted by Crippen LogP contribution is -2.08. The van der Waals surface area contributed by atoms with Gasteiger partial charge in [0.25, 0.3) is 0 Å². The molecule has 0 saturated carbocycles. The predicted molar refractivity (Wildman–Crippen MR) is 66.2 cm³/mol. The quantitative estimate of drug-likeness (QED) is 0.841. The lowest BCUT2D eigenvalue weighted by molar-refractivity contribution is 0.0695. The summed E-state index contributed by atoms with van der Waals surface area (Å²) in [6.45, 7) is 8.40. The van der Waals surface area contributed by atoms with Crippen molar-refractivity contribution in [3.63, 3.8) is 0 Å². The first-order valence-electron chi connectivity index (χ1n) is 5.90. The summed E-state index contributed by atoms with van der Waals surface area (Å²) in [6, 6.07) is 3.71. The maximum Gasteiger partial charge on any atom is 0.335 e. The molecular formula is C14H20O2. The Kier molecular flexibility index (Phi) is 4.11. The van der Waals surface area contributed by atoms with E-state index in [4.69, 9.17) is 5.11 Å². The van der Waals surface area contributed by atoms with Crippen molar-refractivity contribution in [1.29, 1.82) is 0 Å². The topological polar surface area (TPSA) is 37.3 Å². The van der Waals surface area contributed by atoms with Crippen LogP contribution in [0.4, 0.5) is 0 Å². The Morgan fingerprint density at radius 2 is 1.75 bits per heavy atom. The zero-order valence-electron chi connectivity index (χ0n) is 10.5. The van der Waals surface area contributed by atoms with Gasteiger partial charge in [-0.1, -0.05) is 33.8 Å². The molecule has 0 aliphatic heterocycles. The van der Waals surface area contributed by atoms with Crippen molar-refractivity contribution < 1.29 is 9.90 Å². The van der Waals surface area contributed by atoms with Crippen LogP contribution in [0.25, 0.3) is 0 Å². The van der Waals surface area contributed by atoms with Gasteiger partial charge >= 0.3 is 5.97 Å². The van der Waals surface area contributed by atoms with Crippen molar-refractivity contribution in [2.75, 3.05) is 0 Å². The van der Waals surface area contributed by atoms with Gasteiger partial charge in [-0.2, -0.15) is 0 Å². The molecule has 0 aliphatic rings. The molecule has 0 atom stereocenters. The molecule has 2 nitrogen and oxygen atoms in total. The van der Waals surface area contributed by atoms with Gasteiger partial charge < -0.3 is 5.11 Å². The molecule has 16 heavy (non-hydrogen) atoms. The molecule has 88 valence electrons. The van der Waals surface area contributed by atoms with Crippen LogP contribution in [0, 0.1) is 0 Å². The molecule has 1 aromatic carbocycles. The molecule has 0 unspecified atom stereocenters. The van der Waals surface area contributed by atoms with Gasteiger partial charge in [0.1, 0.15) is 0 Å². The van der Waals surface area contributed by atoms with Crippen LogP contribution in [0.1, 0.15) is 60.7 Å². The highest BCUT2D eigenvalue weighted by atomic mass is 16.4. The third-order valence-electron chi connectivity index (χ3n) is 3.03. The predicted octanol–water partition coefficient (Wildman–Crippen LogP) is 3.63. The van der Waals surface area contributed by atoms with Gasteiger partial charge in [0, 0.05) is 0 Å². The van der Waals surface area contributed by atoms with Gasteiger partial charge in [-0.25, -0.2) is 4.79 Å². The van der Waals surface area contributed by atoms with Gasteiger partial charge in [0.15, 0.2) is 0 Å².